The number of aromatic nitrogens is 1. The van der Waals surface area contributed by atoms with E-state index in [9.17, 15) is 27.2 Å². The van der Waals surface area contributed by atoms with E-state index >= 15 is 0 Å². The van der Waals surface area contributed by atoms with Gasteiger partial charge in [-0.2, -0.15) is 13.2 Å². The second kappa shape index (κ2) is 8.26. The Labute approximate surface area is 162 Å². The van der Waals surface area contributed by atoms with Crippen LogP contribution in [-0.2, 0) is 9.53 Å². The van der Waals surface area contributed by atoms with Crippen LogP contribution in [0.5, 0.6) is 0 Å². The first-order chi connectivity index (χ1) is 13.7. The Balaban J connectivity index is 1.84. The number of halogens is 4. The Bertz CT molecular complexity index is 1050. The van der Waals surface area contributed by atoms with Crippen LogP contribution in [0, 0.1) is 5.82 Å². The van der Waals surface area contributed by atoms with Crippen molar-refractivity contribution < 1.29 is 31.9 Å². The van der Waals surface area contributed by atoms with Gasteiger partial charge in [0.15, 0.2) is 6.61 Å². The number of rotatable bonds is 5. The number of carbonyl (C=O) groups is 2. The summed E-state index contributed by atoms with van der Waals surface area (Å²) in [5.74, 6) is -2.40. The van der Waals surface area contributed by atoms with Crippen LogP contribution in [-0.4, -0.2) is 36.2 Å². The summed E-state index contributed by atoms with van der Waals surface area (Å²) in [5.41, 5.74) is 1.47. The maximum atomic E-state index is 13.2. The van der Waals surface area contributed by atoms with E-state index in [4.69, 9.17) is 4.74 Å². The number of nitrogens with zero attached hydrogens (tertiary/aromatic N) is 1. The normalized spacial score (nSPS) is 11.3. The number of para-hydroxylation sites is 1. The van der Waals surface area contributed by atoms with Gasteiger partial charge in [-0.05, 0) is 36.4 Å². The summed E-state index contributed by atoms with van der Waals surface area (Å²) < 4.78 is 54.4. The zero-order chi connectivity index (χ0) is 21.0. The smallest absolute Gasteiger partial charge is 0.405 e. The number of pyridine rings is 1. The van der Waals surface area contributed by atoms with Gasteiger partial charge in [-0.1, -0.05) is 18.2 Å². The Kier molecular flexibility index (Phi) is 5.76. The molecule has 29 heavy (non-hydrogen) atoms. The molecule has 3 rings (SSSR count). The molecule has 1 amide bonds. The number of esters is 1. The predicted octanol–water partition coefficient (Wildman–Crippen LogP) is 3.88. The van der Waals surface area contributed by atoms with E-state index in [1.54, 1.807) is 29.6 Å². The highest BCUT2D eigenvalue weighted by molar-refractivity contribution is 6.05. The predicted molar refractivity (Wildman–Crippen MR) is 96.5 cm³/mol. The largest absolute Gasteiger partial charge is 0.452 e. The van der Waals surface area contributed by atoms with Crippen LogP contribution >= 0.6 is 0 Å². The fraction of sp³-hybridized carbons (Fsp3) is 0.150. The molecule has 2 aromatic carbocycles. The second-order valence-electron chi connectivity index (χ2n) is 6.05. The van der Waals surface area contributed by atoms with Crippen LogP contribution in [0.15, 0.2) is 54.6 Å². The van der Waals surface area contributed by atoms with Crippen molar-refractivity contribution in [3.63, 3.8) is 0 Å². The number of ether oxygens (including phenoxy) is 1. The first-order valence-corrected chi connectivity index (χ1v) is 8.39. The summed E-state index contributed by atoms with van der Waals surface area (Å²) in [6.07, 6.45) is -4.56. The Morgan fingerprint density at radius 2 is 1.72 bits per heavy atom. The lowest BCUT2D eigenvalue weighted by atomic mass is 10.0. The van der Waals surface area contributed by atoms with Crippen molar-refractivity contribution in [3.05, 3.63) is 66.0 Å². The molecule has 1 N–H and O–H groups in total. The van der Waals surface area contributed by atoms with Gasteiger partial charge >= 0.3 is 12.1 Å². The summed E-state index contributed by atoms with van der Waals surface area (Å²) >= 11 is 0. The summed E-state index contributed by atoms with van der Waals surface area (Å²) in [6, 6.07) is 13.6. The van der Waals surface area contributed by atoms with E-state index in [0.29, 0.717) is 22.2 Å². The fourth-order valence-corrected chi connectivity index (χ4v) is 2.57. The molecule has 5 nitrogen and oxygen atoms in total. The number of hydrogen-bond acceptors (Lipinski definition) is 4. The third kappa shape index (κ3) is 5.28. The lowest BCUT2D eigenvalue weighted by Gasteiger charge is -2.11. The quantitative estimate of drug-likeness (QED) is 0.516. The molecule has 0 radical (unpaired) electrons. The van der Waals surface area contributed by atoms with Gasteiger partial charge in [-0.25, -0.2) is 14.2 Å². The minimum absolute atomic E-state index is 0.0820. The fourth-order valence-electron chi connectivity index (χ4n) is 2.57. The summed E-state index contributed by atoms with van der Waals surface area (Å²) in [6.45, 7) is -2.38. The van der Waals surface area contributed by atoms with Gasteiger partial charge in [0.2, 0.25) is 0 Å². The number of fused-ring (bicyclic) bond motifs is 1. The van der Waals surface area contributed by atoms with E-state index < -0.39 is 37.0 Å². The van der Waals surface area contributed by atoms with Gasteiger partial charge in [0.05, 0.1) is 16.8 Å². The third-order valence-corrected chi connectivity index (χ3v) is 3.90. The van der Waals surface area contributed by atoms with Crippen LogP contribution in [0.1, 0.15) is 10.4 Å². The van der Waals surface area contributed by atoms with E-state index in [-0.39, 0.29) is 5.56 Å². The van der Waals surface area contributed by atoms with Crippen molar-refractivity contribution in [1.82, 2.24) is 10.3 Å². The standard InChI is InChI=1S/C20H14F4N2O3/c21-13-7-5-12(6-8-13)17-9-15(14-3-1-2-4-16(14)26-17)19(28)29-10-18(27)25-11-20(22,23)24/h1-9H,10-11H2,(H,25,27). The van der Waals surface area contributed by atoms with Crippen LogP contribution in [0.25, 0.3) is 22.2 Å². The molecule has 0 unspecified atom stereocenters. The molecule has 0 aliphatic rings. The third-order valence-electron chi connectivity index (χ3n) is 3.90. The molecular formula is C20H14F4N2O3. The maximum absolute atomic E-state index is 13.2. The van der Waals surface area contributed by atoms with Gasteiger partial charge in [-0.3, -0.25) is 4.79 Å². The number of carbonyl (C=O) groups excluding carboxylic acids is 2. The number of nitrogens with one attached hydrogen (secondary N) is 1. The van der Waals surface area contributed by atoms with Crippen molar-refractivity contribution in [3.8, 4) is 11.3 Å². The van der Waals surface area contributed by atoms with E-state index in [1.165, 1.54) is 30.3 Å². The highest BCUT2D eigenvalue weighted by atomic mass is 19.4. The van der Waals surface area contributed by atoms with Crippen LogP contribution < -0.4 is 5.32 Å². The van der Waals surface area contributed by atoms with Crippen LogP contribution in [0.3, 0.4) is 0 Å². The lowest BCUT2D eigenvalue weighted by Crippen LogP contribution is -2.36. The Morgan fingerprint density at radius 3 is 2.41 bits per heavy atom. The number of benzene rings is 2. The minimum Gasteiger partial charge on any atom is -0.452 e. The minimum atomic E-state index is -4.56. The number of hydrogen-bond donors (Lipinski definition) is 1. The second-order valence-corrected chi connectivity index (χ2v) is 6.05. The van der Waals surface area contributed by atoms with E-state index in [0.717, 1.165) is 0 Å². The molecule has 0 fully saturated rings. The average molecular weight is 406 g/mol. The molecule has 0 bridgehead atoms. The topological polar surface area (TPSA) is 68.3 Å². The van der Waals surface area contributed by atoms with Crippen molar-refractivity contribution in [2.24, 2.45) is 0 Å². The van der Waals surface area contributed by atoms with Crippen molar-refractivity contribution in [2.45, 2.75) is 6.18 Å². The highest BCUT2D eigenvalue weighted by Crippen LogP contribution is 2.25. The Hall–Kier alpha value is -3.49. The molecular weight excluding hydrogens is 392 g/mol. The molecule has 1 aromatic heterocycles. The van der Waals surface area contributed by atoms with Crippen molar-refractivity contribution in [1.29, 1.82) is 0 Å². The van der Waals surface area contributed by atoms with Gasteiger partial charge in [0, 0.05) is 10.9 Å². The zero-order valence-electron chi connectivity index (χ0n) is 14.8. The first kappa shape index (κ1) is 20.2. The molecule has 1 heterocycles. The first-order valence-electron chi connectivity index (χ1n) is 8.39. The Morgan fingerprint density at radius 1 is 1.03 bits per heavy atom. The van der Waals surface area contributed by atoms with Crippen LogP contribution in [0.2, 0.25) is 0 Å². The number of amides is 1. The molecule has 0 saturated carbocycles. The molecule has 3 aromatic rings. The van der Waals surface area contributed by atoms with Gasteiger partial charge < -0.3 is 10.1 Å². The van der Waals surface area contributed by atoms with Gasteiger partial charge in [-0.15, -0.1) is 0 Å². The maximum Gasteiger partial charge on any atom is 0.405 e. The summed E-state index contributed by atoms with van der Waals surface area (Å²) in [5, 5.41) is 2.06. The molecule has 150 valence electrons. The lowest BCUT2D eigenvalue weighted by molar-refractivity contribution is -0.140. The highest BCUT2D eigenvalue weighted by Gasteiger charge is 2.28. The summed E-state index contributed by atoms with van der Waals surface area (Å²) in [7, 11) is 0. The monoisotopic (exact) mass is 406 g/mol. The van der Waals surface area contributed by atoms with E-state index in [2.05, 4.69) is 4.98 Å². The average Bonchev–Trinajstić information content (AvgIpc) is 2.69. The molecule has 0 aliphatic carbocycles. The van der Waals surface area contributed by atoms with Crippen LogP contribution in [0.4, 0.5) is 17.6 Å². The number of alkyl halides is 3. The molecule has 0 spiro atoms. The SMILES string of the molecule is O=C(COC(=O)c1cc(-c2ccc(F)cc2)nc2ccccc12)NCC(F)(F)F. The van der Waals surface area contributed by atoms with E-state index in [1.807, 2.05) is 0 Å². The molecule has 0 atom stereocenters. The molecule has 9 heteroatoms. The zero-order valence-corrected chi connectivity index (χ0v) is 14.8. The van der Waals surface area contributed by atoms with Gasteiger partial charge in [0.25, 0.3) is 5.91 Å². The molecule has 0 saturated heterocycles. The van der Waals surface area contributed by atoms with Crippen molar-refractivity contribution in [2.75, 3.05) is 13.2 Å². The summed E-state index contributed by atoms with van der Waals surface area (Å²) in [4.78, 5) is 28.4. The molecule has 0 aliphatic heterocycles. The van der Waals surface area contributed by atoms with Crippen molar-refractivity contribution >= 4 is 22.8 Å². The van der Waals surface area contributed by atoms with Gasteiger partial charge in [0.1, 0.15) is 12.4 Å².